The molecule has 0 atom stereocenters. The van der Waals surface area contributed by atoms with Gasteiger partial charge in [-0.05, 0) is 36.4 Å². The molecule has 0 radical (unpaired) electrons. The Morgan fingerprint density at radius 2 is 1.91 bits per heavy atom. The first-order valence-corrected chi connectivity index (χ1v) is 8.14. The summed E-state index contributed by atoms with van der Waals surface area (Å²) in [6, 6.07) is 15.3. The number of aromatic nitrogens is 2. The highest BCUT2D eigenvalue weighted by Gasteiger charge is 2.11. The molecule has 0 fully saturated rings. The van der Waals surface area contributed by atoms with Gasteiger partial charge in [-0.1, -0.05) is 35.5 Å². The number of anilines is 1. The van der Waals surface area contributed by atoms with Crippen LogP contribution in [0.25, 0.3) is 0 Å². The third kappa shape index (κ3) is 3.94. The van der Waals surface area contributed by atoms with Gasteiger partial charge in [0.2, 0.25) is 0 Å². The molecule has 3 aromatic rings. The lowest BCUT2D eigenvalue weighted by Gasteiger charge is -2.10. The molecule has 1 heterocycles. The number of rotatable bonds is 4. The minimum atomic E-state index is -0.178. The van der Waals surface area contributed by atoms with E-state index in [1.165, 1.54) is 0 Å². The molecule has 116 valence electrons. The number of nitrogens with one attached hydrogen (secondary N) is 1. The van der Waals surface area contributed by atoms with Gasteiger partial charge >= 0.3 is 0 Å². The van der Waals surface area contributed by atoms with Crippen molar-refractivity contribution in [3.63, 3.8) is 0 Å². The molecular formula is C17H14ClN3OS. The zero-order valence-corrected chi connectivity index (χ0v) is 13.9. The summed E-state index contributed by atoms with van der Waals surface area (Å²) in [6.07, 6.45) is 3.23. The Labute approximate surface area is 143 Å². The molecule has 0 unspecified atom stereocenters. The smallest absolute Gasteiger partial charge is 0.258 e. The summed E-state index contributed by atoms with van der Waals surface area (Å²) in [5.41, 5.74) is 1.29. The number of amides is 1. The molecule has 0 spiro atoms. The summed E-state index contributed by atoms with van der Waals surface area (Å²) in [4.78, 5) is 14.3. The lowest BCUT2D eigenvalue weighted by molar-refractivity contribution is 0.102. The summed E-state index contributed by atoms with van der Waals surface area (Å²) in [5.74, 6) is -0.178. The van der Waals surface area contributed by atoms with Gasteiger partial charge in [0.15, 0.2) is 0 Å². The fraction of sp³-hybridized carbons (Fsp3) is 0.0588. The highest BCUT2D eigenvalue weighted by atomic mass is 35.5. The van der Waals surface area contributed by atoms with E-state index in [1.807, 2.05) is 48.5 Å². The van der Waals surface area contributed by atoms with E-state index in [0.29, 0.717) is 10.6 Å². The molecule has 4 nitrogen and oxygen atoms in total. The number of halogens is 1. The Bertz CT molecular complexity index is 830. The maximum atomic E-state index is 12.3. The summed E-state index contributed by atoms with van der Waals surface area (Å²) < 4.78 is 1.60. The summed E-state index contributed by atoms with van der Waals surface area (Å²) in [6.45, 7) is 0. The Morgan fingerprint density at radius 3 is 2.61 bits per heavy atom. The van der Waals surface area contributed by atoms with Crippen molar-refractivity contribution < 1.29 is 4.79 Å². The van der Waals surface area contributed by atoms with Gasteiger partial charge in [0.25, 0.3) is 5.91 Å². The fourth-order valence-corrected chi connectivity index (χ4v) is 3.05. The van der Waals surface area contributed by atoms with Crippen LogP contribution in [-0.4, -0.2) is 15.7 Å². The van der Waals surface area contributed by atoms with Crippen LogP contribution in [0.5, 0.6) is 0 Å². The van der Waals surface area contributed by atoms with Crippen LogP contribution in [0, 0.1) is 0 Å². The standard InChI is InChI=1S/C17H14ClN3OS/c1-21-11-12(10-19-21)17(22)20-15-4-2-3-5-16(15)23-14-8-6-13(18)7-9-14/h2-11H,1H3,(H,20,22). The van der Waals surface area contributed by atoms with Crippen LogP contribution in [0.3, 0.4) is 0 Å². The lowest BCUT2D eigenvalue weighted by atomic mass is 10.3. The molecule has 1 N–H and O–H groups in total. The zero-order valence-electron chi connectivity index (χ0n) is 12.4. The Hall–Kier alpha value is -2.24. The maximum Gasteiger partial charge on any atom is 0.258 e. The minimum absolute atomic E-state index is 0.178. The van der Waals surface area contributed by atoms with Crippen molar-refractivity contribution in [3.05, 3.63) is 71.5 Å². The number of carbonyl (C=O) groups excluding carboxylic acids is 1. The molecule has 0 aliphatic carbocycles. The molecular weight excluding hydrogens is 330 g/mol. The van der Waals surface area contributed by atoms with Crippen molar-refractivity contribution >= 4 is 35.0 Å². The van der Waals surface area contributed by atoms with E-state index in [9.17, 15) is 4.79 Å². The van der Waals surface area contributed by atoms with Gasteiger partial charge in [-0.25, -0.2) is 0 Å². The second kappa shape index (κ2) is 6.89. The molecule has 0 saturated heterocycles. The van der Waals surface area contributed by atoms with Crippen molar-refractivity contribution in [1.82, 2.24) is 9.78 Å². The van der Waals surface area contributed by atoms with Crippen molar-refractivity contribution in [2.45, 2.75) is 9.79 Å². The normalized spacial score (nSPS) is 10.5. The SMILES string of the molecule is Cn1cc(C(=O)Nc2ccccc2Sc2ccc(Cl)cc2)cn1. The van der Waals surface area contributed by atoms with Crippen LogP contribution in [-0.2, 0) is 7.05 Å². The predicted molar refractivity (Wildman–Crippen MR) is 93.2 cm³/mol. The summed E-state index contributed by atoms with van der Waals surface area (Å²) in [7, 11) is 1.78. The zero-order chi connectivity index (χ0) is 16.2. The molecule has 2 aromatic carbocycles. The number of nitrogens with zero attached hydrogens (tertiary/aromatic N) is 2. The first-order valence-electron chi connectivity index (χ1n) is 6.94. The quantitative estimate of drug-likeness (QED) is 0.759. The monoisotopic (exact) mass is 343 g/mol. The topological polar surface area (TPSA) is 46.9 Å². The number of benzene rings is 2. The summed E-state index contributed by atoms with van der Waals surface area (Å²) in [5, 5.41) is 7.65. The van der Waals surface area contributed by atoms with Crippen LogP contribution < -0.4 is 5.32 Å². The van der Waals surface area contributed by atoms with E-state index in [4.69, 9.17) is 11.6 Å². The average Bonchev–Trinajstić information content (AvgIpc) is 2.98. The van der Waals surface area contributed by atoms with Gasteiger partial charge in [-0.2, -0.15) is 5.10 Å². The Balaban J connectivity index is 1.80. The van der Waals surface area contributed by atoms with Crippen molar-refractivity contribution in [2.24, 2.45) is 7.05 Å². The lowest BCUT2D eigenvalue weighted by Crippen LogP contribution is -2.11. The van der Waals surface area contributed by atoms with Crippen LogP contribution in [0.2, 0.25) is 5.02 Å². The molecule has 0 aliphatic heterocycles. The van der Waals surface area contributed by atoms with Crippen molar-refractivity contribution in [1.29, 1.82) is 0 Å². The van der Waals surface area contributed by atoms with Crippen LogP contribution >= 0.6 is 23.4 Å². The highest BCUT2D eigenvalue weighted by molar-refractivity contribution is 7.99. The predicted octanol–water partition coefficient (Wildman–Crippen LogP) is 4.48. The van der Waals surface area contributed by atoms with Crippen LogP contribution in [0.1, 0.15) is 10.4 Å². The van der Waals surface area contributed by atoms with Gasteiger partial charge in [-0.15, -0.1) is 0 Å². The van der Waals surface area contributed by atoms with Gasteiger partial charge in [0.05, 0.1) is 17.4 Å². The molecule has 0 saturated carbocycles. The molecule has 6 heteroatoms. The Kier molecular flexibility index (Phi) is 4.69. The Morgan fingerprint density at radius 1 is 1.17 bits per heavy atom. The fourth-order valence-electron chi connectivity index (χ4n) is 2.02. The van der Waals surface area contributed by atoms with E-state index >= 15 is 0 Å². The third-order valence-corrected chi connectivity index (χ3v) is 4.48. The summed E-state index contributed by atoms with van der Waals surface area (Å²) >= 11 is 7.48. The van der Waals surface area contributed by atoms with Gasteiger partial charge in [-0.3, -0.25) is 9.48 Å². The molecule has 1 aromatic heterocycles. The number of hydrogen-bond donors (Lipinski definition) is 1. The van der Waals surface area contributed by atoms with E-state index < -0.39 is 0 Å². The van der Waals surface area contributed by atoms with E-state index in [-0.39, 0.29) is 5.91 Å². The molecule has 3 rings (SSSR count). The number of para-hydroxylation sites is 1. The van der Waals surface area contributed by atoms with Gasteiger partial charge < -0.3 is 5.32 Å². The van der Waals surface area contributed by atoms with Crippen molar-refractivity contribution in [3.8, 4) is 0 Å². The van der Waals surface area contributed by atoms with E-state index in [1.54, 1.807) is 35.9 Å². The number of carbonyl (C=O) groups is 1. The maximum absolute atomic E-state index is 12.3. The van der Waals surface area contributed by atoms with Crippen LogP contribution in [0.4, 0.5) is 5.69 Å². The van der Waals surface area contributed by atoms with E-state index in [2.05, 4.69) is 10.4 Å². The average molecular weight is 344 g/mol. The first kappa shape index (κ1) is 15.6. The van der Waals surface area contributed by atoms with Crippen LogP contribution in [0.15, 0.2) is 70.7 Å². The number of hydrogen-bond acceptors (Lipinski definition) is 3. The van der Waals surface area contributed by atoms with E-state index in [0.717, 1.165) is 15.5 Å². The second-order valence-electron chi connectivity index (χ2n) is 4.91. The molecule has 0 bridgehead atoms. The number of aryl methyl sites for hydroxylation is 1. The second-order valence-corrected chi connectivity index (χ2v) is 6.46. The van der Waals surface area contributed by atoms with Crippen molar-refractivity contribution in [2.75, 3.05) is 5.32 Å². The largest absolute Gasteiger partial charge is 0.321 e. The third-order valence-electron chi connectivity index (χ3n) is 3.14. The molecule has 1 amide bonds. The molecule has 23 heavy (non-hydrogen) atoms. The van der Waals surface area contributed by atoms with Gasteiger partial charge in [0.1, 0.15) is 0 Å². The molecule has 0 aliphatic rings. The van der Waals surface area contributed by atoms with Gasteiger partial charge in [0, 0.05) is 28.1 Å². The first-order chi connectivity index (χ1) is 11.1. The minimum Gasteiger partial charge on any atom is -0.321 e. The highest BCUT2D eigenvalue weighted by Crippen LogP contribution is 2.34.